The number of nitrogens with one attached hydrogen (secondary N) is 1. The Morgan fingerprint density at radius 1 is 1.16 bits per heavy atom. The summed E-state index contributed by atoms with van der Waals surface area (Å²) in [6.45, 7) is 4.20. The maximum atomic E-state index is 4.47. The summed E-state index contributed by atoms with van der Waals surface area (Å²) in [5.41, 5.74) is 3.21. The van der Waals surface area contributed by atoms with Gasteiger partial charge in [0.2, 0.25) is 0 Å². The lowest BCUT2D eigenvalue weighted by Crippen LogP contribution is -2.12. The molecule has 1 aromatic carbocycles. The van der Waals surface area contributed by atoms with Crippen molar-refractivity contribution in [3.05, 3.63) is 66.4 Å². The van der Waals surface area contributed by atoms with Crippen LogP contribution in [0.25, 0.3) is 11.5 Å². The van der Waals surface area contributed by atoms with Crippen molar-refractivity contribution in [2.24, 2.45) is 0 Å². The first-order valence-electron chi connectivity index (χ1n) is 8.31. The summed E-state index contributed by atoms with van der Waals surface area (Å²) in [4.78, 5) is 8.67. The van der Waals surface area contributed by atoms with E-state index in [-0.39, 0.29) is 6.04 Å². The van der Waals surface area contributed by atoms with Crippen LogP contribution in [0.3, 0.4) is 0 Å². The molecule has 0 amide bonds. The molecule has 3 aromatic heterocycles. The summed E-state index contributed by atoms with van der Waals surface area (Å²) in [6, 6.07) is 12.4. The van der Waals surface area contributed by atoms with Gasteiger partial charge in [-0.05, 0) is 37.1 Å². The lowest BCUT2D eigenvalue weighted by molar-refractivity contribution is 0.829. The molecule has 126 valence electrons. The molecule has 0 spiro atoms. The molecule has 0 aliphatic carbocycles. The van der Waals surface area contributed by atoms with E-state index in [9.17, 15) is 0 Å². The molecular weight excluding hydrogens is 314 g/mol. The first-order chi connectivity index (χ1) is 12.2. The Labute approximate surface area is 145 Å². The molecule has 3 heterocycles. The number of benzene rings is 1. The zero-order chi connectivity index (χ0) is 17.2. The molecule has 4 aromatic rings. The average molecular weight is 333 g/mol. The molecule has 0 radical (unpaired) electrons. The zero-order valence-corrected chi connectivity index (χ0v) is 14.2. The number of hydrogen-bond donors (Lipinski definition) is 1. The molecule has 0 bridgehead atoms. The van der Waals surface area contributed by atoms with Crippen molar-refractivity contribution in [1.82, 2.24) is 29.4 Å². The summed E-state index contributed by atoms with van der Waals surface area (Å²) in [7, 11) is 0. The SMILES string of the molecule is CCc1cc(NC(C)c2ccc(-n3cccn3)cc2)n2ncnc2n1. The van der Waals surface area contributed by atoms with Crippen molar-refractivity contribution in [2.75, 3.05) is 5.32 Å². The Hall–Kier alpha value is -3.22. The highest BCUT2D eigenvalue weighted by molar-refractivity contribution is 5.47. The molecule has 25 heavy (non-hydrogen) atoms. The van der Waals surface area contributed by atoms with Gasteiger partial charge in [-0.15, -0.1) is 0 Å². The third-order valence-electron chi connectivity index (χ3n) is 4.19. The average Bonchev–Trinajstić information content (AvgIpc) is 3.33. The number of fused-ring (bicyclic) bond motifs is 1. The first kappa shape index (κ1) is 15.3. The number of nitrogens with zero attached hydrogens (tertiary/aromatic N) is 6. The van der Waals surface area contributed by atoms with Crippen LogP contribution in [0, 0.1) is 0 Å². The highest BCUT2D eigenvalue weighted by Gasteiger charge is 2.11. The predicted octanol–water partition coefficient (Wildman–Crippen LogP) is 3.05. The summed E-state index contributed by atoms with van der Waals surface area (Å²) < 4.78 is 3.57. The highest BCUT2D eigenvalue weighted by atomic mass is 15.4. The van der Waals surface area contributed by atoms with E-state index in [0.29, 0.717) is 5.78 Å². The monoisotopic (exact) mass is 333 g/mol. The van der Waals surface area contributed by atoms with Crippen LogP contribution < -0.4 is 5.32 Å². The maximum Gasteiger partial charge on any atom is 0.254 e. The van der Waals surface area contributed by atoms with Crippen molar-refractivity contribution in [2.45, 2.75) is 26.3 Å². The number of rotatable bonds is 5. The number of aryl methyl sites for hydroxylation is 1. The third kappa shape index (κ3) is 2.96. The summed E-state index contributed by atoms with van der Waals surface area (Å²) >= 11 is 0. The molecular formula is C18H19N7. The van der Waals surface area contributed by atoms with Gasteiger partial charge < -0.3 is 5.32 Å². The van der Waals surface area contributed by atoms with E-state index in [1.165, 1.54) is 11.9 Å². The molecule has 7 nitrogen and oxygen atoms in total. The van der Waals surface area contributed by atoms with Gasteiger partial charge in [0, 0.05) is 30.2 Å². The van der Waals surface area contributed by atoms with E-state index in [1.54, 1.807) is 10.7 Å². The van der Waals surface area contributed by atoms with Crippen molar-refractivity contribution < 1.29 is 0 Å². The summed E-state index contributed by atoms with van der Waals surface area (Å²) in [5, 5.41) is 12.0. The van der Waals surface area contributed by atoms with Gasteiger partial charge in [0.1, 0.15) is 12.1 Å². The molecule has 4 rings (SSSR count). The van der Waals surface area contributed by atoms with E-state index in [2.05, 4.69) is 63.6 Å². The number of anilines is 1. The van der Waals surface area contributed by atoms with Gasteiger partial charge >= 0.3 is 0 Å². The van der Waals surface area contributed by atoms with Gasteiger partial charge in [0.05, 0.1) is 5.69 Å². The van der Waals surface area contributed by atoms with E-state index in [1.807, 2.05) is 23.0 Å². The van der Waals surface area contributed by atoms with Crippen molar-refractivity contribution in [3.63, 3.8) is 0 Å². The van der Waals surface area contributed by atoms with Gasteiger partial charge in [-0.2, -0.15) is 19.7 Å². The maximum absolute atomic E-state index is 4.47. The molecule has 0 fully saturated rings. The molecule has 1 N–H and O–H groups in total. The molecule has 0 saturated carbocycles. The quantitative estimate of drug-likeness (QED) is 0.608. The Kier molecular flexibility index (Phi) is 3.89. The second kappa shape index (κ2) is 6.35. The minimum Gasteiger partial charge on any atom is -0.363 e. The van der Waals surface area contributed by atoms with Gasteiger partial charge in [0.15, 0.2) is 0 Å². The number of aromatic nitrogens is 6. The molecule has 0 saturated heterocycles. The lowest BCUT2D eigenvalue weighted by Gasteiger charge is -2.17. The fourth-order valence-corrected chi connectivity index (χ4v) is 2.79. The number of hydrogen-bond acceptors (Lipinski definition) is 5. The third-order valence-corrected chi connectivity index (χ3v) is 4.19. The van der Waals surface area contributed by atoms with Crippen LogP contribution in [-0.4, -0.2) is 29.4 Å². The Balaban J connectivity index is 1.59. The van der Waals surface area contributed by atoms with Crippen molar-refractivity contribution >= 4 is 11.6 Å². The molecule has 7 heteroatoms. The van der Waals surface area contributed by atoms with Crippen LogP contribution >= 0.6 is 0 Å². The van der Waals surface area contributed by atoms with E-state index < -0.39 is 0 Å². The smallest absolute Gasteiger partial charge is 0.254 e. The molecule has 1 atom stereocenters. The van der Waals surface area contributed by atoms with E-state index in [0.717, 1.165) is 23.6 Å². The second-order valence-corrected chi connectivity index (χ2v) is 5.87. The predicted molar refractivity (Wildman–Crippen MR) is 95.8 cm³/mol. The summed E-state index contributed by atoms with van der Waals surface area (Å²) in [5.74, 6) is 1.51. The van der Waals surface area contributed by atoms with Gasteiger partial charge in [-0.1, -0.05) is 19.1 Å². The van der Waals surface area contributed by atoms with Gasteiger partial charge in [-0.3, -0.25) is 0 Å². The first-order valence-corrected chi connectivity index (χ1v) is 8.31. The van der Waals surface area contributed by atoms with Crippen LogP contribution in [0.15, 0.2) is 55.1 Å². The van der Waals surface area contributed by atoms with E-state index in [4.69, 9.17) is 0 Å². The Morgan fingerprint density at radius 3 is 2.72 bits per heavy atom. The highest BCUT2D eigenvalue weighted by Crippen LogP contribution is 2.21. The van der Waals surface area contributed by atoms with Gasteiger partial charge in [0.25, 0.3) is 5.78 Å². The zero-order valence-electron chi connectivity index (χ0n) is 14.2. The van der Waals surface area contributed by atoms with Crippen LogP contribution in [0.4, 0.5) is 5.82 Å². The Bertz CT molecular complexity index is 971. The normalized spacial score (nSPS) is 12.4. The van der Waals surface area contributed by atoms with E-state index >= 15 is 0 Å². The topological polar surface area (TPSA) is 72.9 Å². The van der Waals surface area contributed by atoms with Crippen LogP contribution in [0.1, 0.15) is 31.1 Å². The van der Waals surface area contributed by atoms with Crippen molar-refractivity contribution in [1.29, 1.82) is 0 Å². The van der Waals surface area contributed by atoms with Gasteiger partial charge in [-0.25, -0.2) is 9.67 Å². The largest absolute Gasteiger partial charge is 0.363 e. The summed E-state index contributed by atoms with van der Waals surface area (Å²) in [6.07, 6.45) is 6.08. The molecule has 1 unspecified atom stereocenters. The minimum atomic E-state index is 0.117. The van der Waals surface area contributed by atoms with Crippen molar-refractivity contribution in [3.8, 4) is 5.69 Å². The lowest BCUT2D eigenvalue weighted by atomic mass is 10.1. The van der Waals surface area contributed by atoms with Crippen LogP contribution in [0.2, 0.25) is 0 Å². The van der Waals surface area contributed by atoms with Crippen LogP contribution in [-0.2, 0) is 6.42 Å². The fraction of sp³-hybridized carbons (Fsp3) is 0.222. The molecule has 0 aliphatic heterocycles. The second-order valence-electron chi connectivity index (χ2n) is 5.87. The fourth-order valence-electron chi connectivity index (χ4n) is 2.79. The van der Waals surface area contributed by atoms with Crippen LogP contribution in [0.5, 0.6) is 0 Å². The minimum absolute atomic E-state index is 0.117. The Morgan fingerprint density at radius 2 is 2.00 bits per heavy atom. The molecule has 0 aliphatic rings. The standard InChI is InChI=1S/C18H19N7/c1-3-15-11-17(25-18(23-15)19-12-21-25)22-13(2)14-5-7-16(8-6-14)24-10-4-9-20-24/h4-13,22H,3H2,1-2H3.